The number of benzene rings is 1. The van der Waals surface area contributed by atoms with Crippen molar-refractivity contribution < 1.29 is 9.53 Å². The lowest BCUT2D eigenvalue weighted by atomic mass is 10.0. The van der Waals surface area contributed by atoms with Gasteiger partial charge in [-0.3, -0.25) is 9.69 Å². The van der Waals surface area contributed by atoms with Crippen LogP contribution >= 0.6 is 11.3 Å². The second-order valence-corrected chi connectivity index (χ2v) is 7.77. The number of amides is 1. The quantitative estimate of drug-likeness (QED) is 0.846. The van der Waals surface area contributed by atoms with Crippen molar-refractivity contribution in [3.8, 4) is 5.75 Å². The Balaban J connectivity index is 1.72. The van der Waals surface area contributed by atoms with Crippen LogP contribution in [0.15, 0.2) is 41.8 Å². The first-order chi connectivity index (χ1) is 12.6. The van der Waals surface area contributed by atoms with Gasteiger partial charge in [0.05, 0.1) is 13.2 Å². The van der Waals surface area contributed by atoms with Crippen molar-refractivity contribution in [2.75, 3.05) is 40.3 Å². The molecule has 1 aromatic heterocycles. The molecule has 5 nitrogen and oxygen atoms in total. The fourth-order valence-electron chi connectivity index (χ4n) is 3.41. The Morgan fingerprint density at radius 1 is 1.15 bits per heavy atom. The first kappa shape index (κ1) is 18.9. The fraction of sp³-hybridized carbons (Fsp3) is 0.450. The summed E-state index contributed by atoms with van der Waals surface area (Å²) in [5, 5.41) is 5.31. The highest BCUT2D eigenvalue weighted by Gasteiger charge is 2.30. The molecule has 0 unspecified atom stereocenters. The molecule has 3 rings (SSSR count). The molecule has 0 bridgehead atoms. The van der Waals surface area contributed by atoms with Gasteiger partial charge in [-0.2, -0.15) is 0 Å². The number of methoxy groups -OCH3 is 1. The molecular formula is C20H27N3O2S. The maximum absolute atomic E-state index is 12.7. The molecule has 140 valence electrons. The molecule has 1 N–H and O–H groups in total. The molecule has 2 atom stereocenters. The Hall–Kier alpha value is -1.89. The Kier molecular flexibility index (Phi) is 6.29. The average molecular weight is 374 g/mol. The molecule has 2 aromatic rings. The van der Waals surface area contributed by atoms with Gasteiger partial charge in [0.1, 0.15) is 5.75 Å². The highest BCUT2D eigenvalue weighted by molar-refractivity contribution is 7.10. The molecule has 1 saturated heterocycles. The minimum Gasteiger partial charge on any atom is -0.497 e. The van der Waals surface area contributed by atoms with Crippen LogP contribution in [0.2, 0.25) is 0 Å². The van der Waals surface area contributed by atoms with Crippen LogP contribution in [0.3, 0.4) is 0 Å². The van der Waals surface area contributed by atoms with Crippen LogP contribution in [0.4, 0.5) is 0 Å². The first-order valence-electron chi connectivity index (χ1n) is 8.99. The molecular weight excluding hydrogens is 346 g/mol. The van der Waals surface area contributed by atoms with E-state index in [-0.39, 0.29) is 18.0 Å². The summed E-state index contributed by atoms with van der Waals surface area (Å²) >= 11 is 1.76. The lowest BCUT2D eigenvalue weighted by molar-refractivity contribution is 0.0799. The van der Waals surface area contributed by atoms with E-state index in [1.165, 1.54) is 4.88 Å². The number of likely N-dealkylation sites (N-methyl/N-ethyl adjacent to an activating group) is 1. The van der Waals surface area contributed by atoms with Gasteiger partial charge in [-0.15, -0.1) is 11.3 Å². The van der Waals surface area contributed by atoms with Crippen LogP contribution in [-0.2, 0) is 0 Å². The zero-order valence-electron chi connectivity index (χ0n) is 15.6. The number of nitrogens with zero attached hydrogens (tertiary/aromatic N) is 2. The normalized spacial score (nSPS) is 18.3. The molecule has 1 aliphatic heterocycles. The van der Waals surface area contributed by atoms with E-state index in [1.807, 2.05) is 12.1 Å². The number of nitrogens with one attached hydrogen (secondary N) is 1. The van der Waals surface area contributed by atoms with Gasteiger partial charge in [-0.05, 0) is 49.7 Å². The van der Waals surface area contributed by atoms with Gasteiger partial charge in [0, 0.05) is 42.7 Å². The predicted octanol–water partition coefficient (Wildman–Crippen LogP) is 2.86. The van der Waals surface area contributed by atoms with E-state index in [4.69, 9.17) is 4.74 Å². The third kappa shape index (κ3) is 4.44. The van der Waals surface area contributed by atoms with Gasteiger partial charge in [0.15, 0.2) is 0 Å². The lowest BCUT2D eigenvalue weighted by Crippen LogP contribution is -2.51. The van der Waals surface area contributed by atoms with Crippen molar-refractivity contribution in [2.24, 2.45) is 0 Å². The number of rotatable bonds is 6. The largest absolute Gasteiger partial charge is 0.497 e. The van der Waals surface area contributed by atoms with Gasteiger partial charge in [0.25, 0.3) is 5.91 Å². The summed E-state index contributed by atoms with van der Waals surface area (Å²) in [6.45, 7) is 6.25. The smallest absolute Gasteiger partial charge is 0.251 e. The highest BCUT2D eigenvalue weighted by atomic mass is 32.1. The SMILES string of the molecule is COc1ccc(C(=O)N[C@H](C)[C@H](c2cccs2)N2CCN(C)CC2)cc1. The molecule has 0 aliphatic carbocycles. The van der Waals surface area contributed by atoms with E-state index in [2.05, 4.69) is 46.6 Å². The minimum absolute atomic E-state index is 0.0201. The van der Waals surface area contributed by atoms with Gasteiger partial charge >= 0.3 is 0 Å². The number of carbonyl (C=O) groups is 1. The van der Waals surface area contributed by atoms with Crippen molar-refractivity contribution in [1.29, 1.82) is 0 Å². The lowest BCUT2D eigenvalue weighted by Gasteiger charge is -2.40. The van der Waals surface area contributed by atoms with E-state index in [0.29, 0.717) is 5.56 Å². The standard InChI is InChI=1S/C20H27N3O2S/c1-15(21-20(24)16-6-8-17(25-3)9-7-16)19(18-5-4-14-26-18)23-12-10-22(2)11-13-23/h4-9,14-15,19H,10-13H2,1-3H3,(H,21,24)/t15-,19-/m1/s1. The molecule has 1 aromatic carbocycles. The summed E-state index contributed by atoms with van der Waals surface area (Å²) in [6.07, 6.45) is 0. The number of ether oxygens (including phenoxy) is 1. The van der Waals surface area contributed by atoms with Crippen molar-refractivity contribution in [2.45, 2.75) is 19.0 Å². The minimum atomic E-state index is -0.0455. The van der Waals surface area contributed by atoms with Crippen LogP contribution in [0.1, 0.15) is 28.2 Å². The highest BCUT2D eigenvalue weighted by Crippen LogP contribution is 2.29. The Morgan fingerprint density at radius 3 is 2.42 bits per heavy atom. The Labute approximate surface area is 159 Å². The fourth-order valence-corrected chi connectivity index (χ4v) is 4.38. The molecule has 26 heavy (non-hydrogen) atoms. The van der Waals surface area contributed by atoms with E-state index >= 15 is 0 Å². The van der Waals surface area contributed by atoms with Crippen molar-refractivity contribution >= 4 is 17.2 Å². The van der Waals surface area contributed by atoms with Gasteiger partial charge < -0.3 is 15.0 Å². The van der Waals surface area contributed by atoms with Crippen LogP contribution in [-0.4, -0.2) is 62.1 Å². The van der Waals surface area contributed by atoms with Crippen molar-refractivity contribution in [3.05, 3.63) is 52.2 Å². The van der Waals surface area contributed by atoms with Gasteiger partial charge in [-0.1, -0.05) is 6.07 Å². The first-order valence-corrected chi connectivity index (χ1v) is 9.87. The summed E-state index contributed by atoms with van der Waals surface area (Å²) in [5.74, 6) is 0.708. The van der Waals surface area contributed by atoms with Crippen molar-refractivity contribution in [1.82, 2.24) is 15.1 Å². The van der Waals surface area contributed by atoms with Crippen LogP contribution in [0, 0.1) is 0 Å². The molecule has 1 fully saturated rings. The topological polar surface area (TPSA) is 44.8 Å². The second-order valence-electron chi connectivity index (χ2n) is 6.79. The molecule has 6 heteroatoms. The van der Waals surface area contributed by atoms with E-state index in [0.717, 1.165) is 31.9 Å². The molecule has 1 amide bonds. The second kappa shape index (κ2) is 8.66. The number of carbonyl (C=O) groups excluding carboxylic acids is 1. The van der Waals surface area contributed by atoms with E-state index < -0.39 is 0 Å². The average Bonchev–Trinajstić information content (AvgIpc) is 3.17. The third-order valence-electron chi connectivity index (χ3n) is 4.95. The zero-order chi connectivity index (χ0) is 18.5. The third-order valence-corrected chi connectivity index (χ3v) is 5.89. The Morgan fingerprint density at radius 2 is 1.85 bits per heavy atom. The summed E-state index contributed by atoms with van der Waals surface area (Å²) in [4.78, 5) is 18.8. The van der Waals surface area contributed by atoms with Crippen molar-refractivity contribution in [3.63, 3.8) is 0 Å². The molecule has 0 saturated carbocycles. The monoisotopic (exact) mass is 373 g/mol. The van der Waals surface area contributed by atoms with E-state index in [9.17, 15) is 4.79 Å². The van der Waals surface area contributed by atoms with Crippen LogP contribution in [0.5, 0.6) is 5.75 Å². The number of hydrogen-bond acceptors (Lipinski definition) is 5. The van der Waals surface area contributed by atoms with Gasteiger partial charge in [0.2, 0.25) is 0 Å². The maximum Gasteiger partial charge on any atom is 0.251 e. The van der Waals surface area contributed by atoms with Crippen LogP contribution < -0.4 is 10.1 Å². The zero-order valence-corrected chi connectivity index (χ0v) is 16.5. The number of hydrogen-bond donors (Lipinski definition) is 1. The number of thiophene rings is 1. The summed E-state index contributed by atoms with van der Waals surface area (Å²) < 4.78 is 5.16. The maximum atomic E-state index is 12.7. The molecule has 2 heterocycles. The molecule has 0 radical (unpaired) electrons. The summed E-state index contributed by atoms with van der Waals surface area (Å²) in [5.41, 5.74) is 0.654. The molecule has 0 spiro atoms. The van der Waals surface area contributed by atoms with Crippen LogP contribution in [0.25, 0.3) is 0 Å². The van der Waals surface area contributed by atoms with Gasteiger partial charge in [-0.25, -0.2) is 0 Å². The summed E-state index contributed by atoms with van der Waals surface area (Å²) in [7, 11) is 3.78. The Bertz CT molecular complexity index is 694. The molecule has 1 aliphatic rings. The van der Waals surface area contributed by atoms with E-state index in [1.54, 1.807) is 30.6 Å². The number of piperazine rings is 1. The summed E-state index contributed by atoms with van der Waals surface area (Å²) in [6, 6.07) is 11.7. The predicted molar refractivity (Wildman–Crippen MR) is 106 cm³/mol.